The van der Waals surface area contributed by atoms with E-state index in [9.17, 15) is 0 Å². The Hall–Kier alpha value is -1.59. The van der Waals surface area contributed by atoms with Gasteiger partial charge in [-0.2, -0.15) is 5.10 Å². The maximum absolute atomic E-state index is 6.01. The molecule has 2 aliphatic heterocycles. The Balaban J connectivity index is 1.32. The van der Waals surface area contributed by atoms with Gasteiger partial charge in [-0.3, -0.25) is 9.58 Å². The van der Waals surface area contributed by atoms with Crippen molar-refractivity contribution in [2.24, 2.45) is 0 Å². The molecule has 4 rings (SSSR count). The third-order valence-corrected chi connectivity index (χ3v) is 4.89. The average molecular weight is 315 g/mol. The van der Waals surface area contributed by atoms with Gasteiger partial charge in [-0.25, -0.2) is 0 Å². The molecule has 2 aliphatic rings. The first-order valence-corrected chi connectivity index (χ1v) is 8.64. The monoisotopic (exact) mass is 315 g/mol. The lowest BCUT2D eigenvalue weighted by Crippen LogP contribution is -2.47. The van der Waals surface area contributed by atoms with Gasteiger partial charge >= 0.3 is 0 Å². The van der Waals surface area contributed by atoms with Gasteiger partial charge in [-0.1, -0.05) is 0 Å². The summed E-state index contributed by atoms with van der Waals surface area (Å²) in [6, 6.07) is 6.83. The van der Waals surface area contributed by atoms with Crippen molar-refractivity contribution in [2.75, 3.05) is 19.7 Å². The molecule has 0 radical (unpaired) electrons. The Morgan fingerprint density at radius 3 is 2.78 bits per heavy atom. The molecular formula is C18H25N3O2. The Morgan fingerprint density at radius 2 is 2.09 bits per heavy atom. The molecule has 0 aliphatic carbocycles. The van der Waals surface area contributed by atoms with Crippen LogP contribution in [0.5, 0.6) is 0 Å². The van der Waals surface area contributed by atoms with Gasteiger partial charge in [0.15, 0.2) is 0 Å². The number of furan rings is 1. The molecule has 0 amide bonds. The summed E-state index contributed by atoms with van der Waals surface area (Å²) in [4.78, 5) is 2.41. The molecule has 0 saturated carbocycles. The summed E-state index contributed by atoms with van der Waals surface area (Å²) < 4.78 is 14.0. The predicted octanol–water partition coefficient (Wildman–Crippen LogP) is 3.39. The Labute approximate surface area is 137 Å². The number of nitrogens with zero attached hydrogens (tertiary/aromatic N) is 3. The van der Waals surface area contributed by atoms with Gasteiger partial charge in [0.2, 0.25) is 0 Å². The Kier molecular flexibility index (Phi) is 3.99. The van der Waals surface area contributed by atoms with Crippen molar-refractivity contribution in [1.29, 1.82) is 0 Å². The highest BCUT2D eigenvalue weighted by atomic mass is 16.5. The zero-order valence-electron chi connectivity index (χ0n) is 14.0. The van der Waals surface area contributed by atoms with Gasteiger partial charge in [0.05, 0.1) is 18.3 Å². The minimum Gasteiger partial charge on any atom is -0.462 e. The molecule has 0 spiro atoms. The van der Waals surface area contributed by atoms with E-state index in [0.29, 0.717) is 6.04 Å². The average Bonchev–Trinajstić information content (AvgIpc) is 3.10. The van der Waals surface area contributed by atoms with Crippen LogP contribution in [0.15, 0.2) is 22.6 Å². The third-order valence-electron chi connectivity index (χ3n) is 4.89. The van der Waals surface area contributed by atoms with E-state index in [0.717, 1.165) is 49.9 Å². The lowest BCUT2D eigenvalue weighted by molar-refractivity contribution is 0.0000922. The molecule has 2 aromatic rings. The molecule has 2 saturated heterocycles. The molecule has 4 heterocycles. The molecule has 0 bridgehead atoms. The summed E-state index contributed by atoms with van der Waals surface area (Å²) in [7, 11) is 0. The van der Waals surface area contributed by atoms with E-state index in [1.807, 2.05) is 0 Å². The minimum absolute atomic E-state index is 0.163. The first kappa shape index (κ1) is 15.0. The van der Waals surface area contributed by atoms with Crippen molar-refractivity contribution in [1.82, 2.24) is 14.7 Å². The fraction of sp³-hybridized carbons (Fsp3) is 0.611. The molecule has 1 unspecified atom stereocenters. The first-order valence-electron chi connectivity index (χ1n) is 8.64. The fourth-order valence-corrected chi connectivity index (χ4v) is 3.68. The van der Waals surface area contributed by atoms with E-state index >= 15 is 0 Å². The van der Waals surface area contributed by atoms with E-state index in [1.165, 1.54) is 18.5 Å². The van der Waals surface area contributed by atoms with Gasteiger partial charge < -0.3 is 9.15 Å². The van der Waals surface area contributed by atoms with Gasteiger partial charge in [-0.15, -0.1) is 0 Å². The maximum Gasteiger partial charge on any atom is 0.133 e. The number of aryl methyl sites for hydroxylation is 2. The zero-order valence-corrected chi connectivity index (χ0v) is 14.0. The topological polar surface area (TPSA) is 43.4 Å². The lowest BCUT2D eigenvalue weighted by Gasteiger charge is -2.39. The number of likely N-dealkylation sites (tertiary alicyclic amines) is 1. The Morgan fingerprint density at radius 1 is 1.22 bits per heavy atom. The van der Waals surface area contributed by atoms with E-state index in [4.69, 9.17) is 9.15 Å². The van der Waals surface area contributed by atoms with Gasteiger partial charge in [0, 0.05) is 25.4 Å². The number of aromatic nitrogens is 2. The number of rotatable bonds is 4. The van der Waals surface area contributed by atoms with Crippen LogP contribution in [0.1, 0.15) is 54.3 Å². The molecule has 5 heteroatoms. The fourth-order valence-electron chi connectivity index (χ4n) is 3.68. The normalized spacial score (nSPS) is 23.1. The van der Waals surface area contributed by atoms with Gasteiger partial charge in [-0.05, 0) is 51.3 Å². The molecular weight excluding hydrogens is 290 g/mol. The summed E-state index contributed by atoms with van der Waals surface area (Å²) in [6.45, 7) is 8.00. The largest absolute Gasteiger partial charge is 0.462 e. The lowest BCUT2D eigenvalue weighted by atomic mass is 10.1. The molecule has 0 aromatic carbocycles. The van der Waals surface area contributed by atoms with Crippen molar-refractivity contribution in [3.63, 3.8) is 0 Å². The Bertz CT molecular complexity index is 664. The third kappa shape index (κ3) is 3.08. The van der Waals surface area contributed by atoms with Crippen molar-refractivity contribution in [2.45, 2.75) is 51.8 Å². The van der Waals surface area contributed by atoms with Crippen LogP contribution in [0.4, 0.5) is 0 Å². The van der Waals surface area contributed by atoms with Crippen molar-refractivity contribution in [3.05, 3.63) is 41.1 Å². The van der Waals surface area contributed by atoms with E-state index in [2.05, 4.69) is 46.7 Å². The van der Waals surface area contributed by atoms with Crippen LogP contribution in [0.2, 0.25) is 0 Å². The van der Waals surface area contributed by atoms with E-state index in [1.54, 1.807) is 0 Å². The highest BCUT2D eigenvalue weighted by Gasteiger charge is 2.30. The second-order valence-electron chi connectivity index (χ2n) is 6.88. The van der Waals surface area contributed by atoms with E-state index in [-0.39, 0.29) is 6.10 Å². The second-order valence-corrected chi connectivity index (χ2v) is 6.88. The quantitative estimate of drug-likeness (QED) is 0.867. The molecule has 1 atom stereocenters. The van der Waals surface area contributed by atoms with Crippen LogP contribution < -0.4 is 0 Å². The molecule has 0 N–H and O–H groups in total. The number of ether oxygens (including phenoxy) is 1. The van der Waals surface area contributed by atoms with Crippen LogP contribution >= 0.6 is 0 Å². The van der Waals surface area contributed by atoms with Gasteiger partial charge in [0.25, 0.3) is 0 Å². The van der Waals surface area contributed by atoms with Gasteiger partial charge in [0.1, 0.15) is 17.6 Å². The molecule has 2 aromatic heterocycles. The highest BCUT2D eigenvalue weighted by Crippen LogP contribution is 2.30. The number of hydrogen-bond donors (Lipinski definition) is 0. The summed E-state index contributed by atoms with van der Waals surface area (Å²) in [5.41, 5.74) is 2.35. The molecule has 23 heavy (non-hydrogen) atoms. The number of hydrogen-bond acceptors (Lipinski definition) is 4. The van der Waals surface area contributed by atoms with Crippen molar-refractivity contribution < 1.29 is 9.15 Å². The van der Waals surface area contributed by atoms with Crippen molar-refractivity contribution in [3.8, 4) is 0 Å². The summed E-state index contributed by atoms with van der Waals surface area (Å²) in [5, 5.41) is 4.59. The zero-order chi connectivity index (χ0) is 15.8. The van der Waals surface area contributed by atoms with Crippen LogP contribution in [0.25, 0.3) is 0 Å². The van der Waals surface area contributed by atoms with Crippen LogP contribution in [0.3, 0.4) is 0 Å². The first-order chi connectivity index (χ1) is 11.2. The standard InChI is InChI=1S/C18H25N3O2/c1-13-9-14(2)21(19-13)15-10-20(11-15)12-16-6-7-18(23-16)17-5-3-4-8-22-17/h6-7,9,15,17H,3-5,8,10-12H2,1-2H3. The summed E-state index contributed by atoms with van der Waals surface area (Å²) >= 11 is 0. The van der Waals surface area contributed by atoms with Crippen LogP contribution in [-0.2, 0) is 11.3 Å². The van der Waals surface area contributed by atoms with E-state index < -0.39 is 0 Å². The SMILES string of the molecule is Cc1cc(C)n(C2CN(Cc3ccc(C4CCCCO4)o3)C2)n1. The van der Waals surface area contributed by atoms with Crippen LogP contribution in [-0.4, -0.2) is 34.4 Å². The van der Waals surface area contributed by atoms with Crippen LogP contribution in [0, 0.1) is 13.8 Å². The summed E-state index contributed by atoms with van der Waals surface area (Å²) in [6.07, 6.45) is 3.65. The second kappa shape index (κ2) is 6.13. The van der Waals surface area contributed by atoms with Crippen molar-refractivity contribution >= 4 is 0 Å². The predicted molar refractivity (Wildman–Crippen MR) is 87.3 cm³/mol. The smallest absolute Gasteiger partial charge is 0.133 e. The highest BCUT2D eigenvalue weighted by molar-refractivity contribution is 5.12. The molecule has 2 fully saturated rings. The molecule has 5 nitrogen and oxygen atoms in total. The summed E-state index contributed by atoms with van der Waals surface area (Å²) in [5.74, 6) is 2.04. The molecule has 124 valence electrons. The maximum atomic E-state index is 6.01. The minimum atomic E-state index is 0.163.